The van der Waals surface area contributed by atoms with Gasteiger partial charge in [-0.1, -0.05) is 0 Å². The Labute approximate surface area is 54.0 Å². The normalized spacial score (nSPS) is 9.56. The first-order valence-corrected chi connectivity index (χ1v) is 2.96. The highest BCUT2D eigenvalue weighted by atomic mass is 19.1. The van der Waals surface area contributed by atoms with Gasteiger partial charge in [-0.25, -0.2) is 4.39 Å². The van der Waals surface area contributed by atoms with Crippen molar-refractivity contribution in [2.75, 3.05) is 19.9 Å². The summed E-state index contributed by atoms with van der Waals surface area (Å²) in [5.74, 6) is -0.386. The number of rotatable bonds is 5. The van der Waals surface area contributed by atoms with Crippen LogP contribution in [0.25, 0.3) is 0 Å². The third-order valence-electron chi connectivity index (χ3n) is 0.878. The van der Waals surface area contributed by atoms with Crippen molar-refractivity contribution in [3.63, 3.8) is 0 Å². The predicted octanol–water partition coefficient (Wildman–Crippen LogP) is 0.952. The fourth-order valence-electron chi connectivity index (χ4n) is 0.397. The third kappa shape index (κ3) is 5.43. The second kappa shape index (κ2) is 5.69. The molecule has 3 heteroatoms. The summed E-state index contributed by atoms with van der Waals surface area (Å²) < 4.78 is 16.2. The van der Waals surface area contributed by atoms with Crippen molar-refractivity contribution in [3.8, 4) is 0 Å². The minimum absolute atomic E-state index is 0.199. The van der Waals surface area contributed by atoms with Gasteiger partial charge in [0.15, 0.2) is 5.78 Å². The fraction of sp³-hybridized carbons (Fsp3) is 0.833. The lowest BCUT2D eigenvalue weighted by atomic mass is 10.3. The summed E-state index contributed by atoms with van der Waals surface area (Å²) in [6.07, 6.45) is 0.199. The van der Waals surface area contributed by atoms with Gasteiger partial charge in [0.1, 0.15) is 6.67 Å². The van der Waals surface area contributed by atoms with E-state index in [4.69, 9.17) is 4.74 Å². The SMILES string of the molecule is CCOCCC(=O)CF. The molecule has 0 bridgehead atoms. The molecule has 0 aliphatic heterocycles. The van der Waals surface area contributed by atoms with E-state index in [1.807, 2.05) is 6.92 Å². The molecule has 0 aromatic rings. The molecule has 0 saturated heterocycles. The van der Waals surface area contributed by atoms with Crippen LogP contribution in [0, 0.1) is 0 Å². The van der Waals surface area contributed by atoms with E-state index in [-0.39, 0.29) is 12.2 Å². The molecule has 0 fully saturated rings. The van der Waals surface area contributed by atoms with E-state index in [1.165, 1.54) is 0 Å². The maximum atomic E-state index is 11.4. The molecule has 9 heavy (non-hydrogen) atoms. The number of carbonyl (C=O) groups is 1. The van der Waals surface area contributed by atoms with Gasteiger partial charge in [-0.2, -0.15) is 0 Å². The lowest BCUT2D eigenvalue weighted by Crippen LogP contribution is -2.05. The van der Waals surface area contributed by atoms with Gasteiger partial charge in [0, 0.05) is 13.0 Å². The van der Waals surface area contributed by atoms with Crippen molar-refractivity contribution < 1.29 is 13.9 Å². The Morgan fingerprint density at radius 1 is 1.67 bits per heavy atom. The second-order valence-electron chi connectivity index (χ2n) is 1.62. The molecule has 0 radical (unpaired) electrons. The summed E-state index contributed by atoms with van der Waals surface area (Å²) >= 11 is 0. The zero-order chi connectivity index (χ0) is 7.11. The molecule has 0 rings (SSSR count). The van der Waals surface area contributed by atoms with Gasteiger partial charge >= 0.3 is 0 Å². The highest BCUT2D eigenvalue weighted by molar-refractivity contribution is 5.79. The zero-order valence-electron chi connectivity index (χ0n) is 5.52. The summed E-state index contributed by atoms with van der Waals surface area (Å²) in [5, 5.41) is 0. The summed E-state index contributed by atoms with van der Waals surface area (Å²) in [6.45, 7) is 1.89. The van der Waals surface area contributed by atoms with Gasteiger partial charge in [-0.3, -0.25) is 4.79 Å². The monoisotopic (exact) mass is 134 g/mol. The number of hydrogen-bond acceptors (Lipinski definition) is 2. The van der Waals surface area contributed by atoms with Crippen LogP contribution in [0.3, 0.4) is 0 Å². The highest BCUT2D eigenvalue weighted by Gasteiger charge is 1.97. The Kier molecular flexibility index (Phi) is 5.41. The van der Waals surface area contributed by atoms with Crippen LogP contribution in [0.15, 0.2) is 0 Å². The average Bonchev–Trinajstić information content (AvgIpc) is 1.89. The molecule has 0 aromatic heterocycles. The molecular weight excluding hydrogens is 123 g/mol. The molecule has 0 spiro atoms. The van der Waals surface area contributed by atoms with E-state index >= 15 is 0 Å². The van der Waals surface area contributed by atoms with Crippen molar-refractivity contribution in [3.05, 3.63) is 0 Å². The van der Waals surface area contributed by atoms with Gasteiger partial charge in [-0.05, 0) is 6.92 Å². The minimum atomic E-state index is -0.868. The number of alkyl halides is 1. The van der Waals surface area contributed by atoms with Crippen LogP contribution in [0.4, 0.5) is 4.39 Å². The van der Waals surface area contributed by atoms with Crippen molar-refractivity contribution in [1.29, 1.82) is 0 Å². The van der Waals surface area contributed by atoms with E-state index in [0.717, 1.165) is 0 Å². The molecule has 0 aliphatic carbocycles. The molecule has 0 unspecified atom stereocenters. The summed E-state index contributed by atoms with van der Waals surface area (Å²) in [4.78, 5) is 10.2. The molecular formula is C6H11FO2. The first kappa shape index (κ1) is 8.56. The number of halogens is 1. The largest absolute Gasteiger partial charge is 0.381 e. The van der Waals surface area contributed by atoms with Crippen LogP contribution < -0.4 is 0 Å². The summed E-state index contributed by atoms with van der Waals surface area (Å²) in [6, 6.07) is 0. The minimum Gasteiger partial charge on any atom is -0.381 e. The Balaban J connectivity index is 2.97. The van der Waals surface area contributed by atoms with Crippen molar-refractivity contribution >= 4 is 5.78 Å². The predicted molar refractivity (Wildman–Crippen MR) is 32.1 cm³/mol. The Morgan fingerprint density at radius 2 is 2.33 bits per heavy atom. The first-order valence-electron chi connectivity index (χ1n) is 2.96. The number of ketones is 1. The fourth-order valence-corrected chi connectivity index (χ4v) is 0.397. The van der Waals surface area contributed by atoms with Crippen LogP contribution in [-0.4, -0.2) is 25.7 Å². The van der Waals surface area contributed by atoms with Crippen LogP contribution >= 0.6 is 0 Å². The van der Waals surface area contributed by atoms with E-state index in [0.29, 0.717) is 13.2 Å². The molecule has 0 atom stereocenters. The number of carbonyl (C=O) groups excluding carboxylic acids is 1. The van der Waals surface area contributed by atoms with Crippen LogP contribution in [-0.2, 0) is 9.53 Å². The van der Waals surface area contributed by atoms with E-state index in [2.05, 4.69) is 0 Å². The second-order valence-corrected chi connectivity index (χ2v) is 1.62. The van der Waals surface area contributed by atoms with Crippen molar-refractivity contribution in [2.45, 2.75) is 13.3 Å². The molecule has 0 heterocycles. The molecule has 0 amide bonds. The Morgan fingerprint density at radius 3 is 2.78 bits per heavy atom. The number of ether oxygens (including phenoxy) is 1. The van der Waals surface area contributed by atoms with Crippen LogP contribution in [0.1, 0.15) is 13.3 Å². The van der Waals surface area contributed by atoms with Gasteiger partial charge in [0.05, 0.1) is 6.61 Å². The van der Waals surface area contributed by atoms with E-state index < -0.39 is 6.67 Å². The van der Waals surface area contributed by atoms with E-state index in [1.54, 1.807) is 0 Å². The summed E-state index contributed by atoms with van der Waals surface area (Å²) in [7, 11) is 0. The summed E-state index contributed by atoms with van der Waals surface area (Å²) in [5.41, 5.74) is 0. The van der Waals surface area contributed by atoms with E-state index in [9.17, 15) is 9.18 Å². The lowest BCUT2D eigenvalue weighted by Gasteiger charge is -1.95. The number of hydrogen-bond donors (Lipinski definition) is 0. The number of Topliss-reactive ketones (excluding diaryl/α,β-unsaturated/α-hetero) is 1. The Bertz CT molecular complexity index is 83.1. The zero-order valence-corrected chi connectivity index (χ0v) is 5.52. The van der Waals surface area contributed by atoms with Crippen molar-refractivity contribution in [2.24, 2.45) is 0 Å². The standard InChI is InChI=1S/C6H11FO2/c1-2-9-4-3-6(8)5-7/h2-5H2,1H3. The average molecular weight is 134 g/mol. The molecule has 0 aromatic carbocycles. The third-order valence-corrected chi connectivity index (χ3v) is 0.878. The lowest BCUT2D eigenvalue weighted by molar-refractivity contribution is -0.120. The first-order chi connectivity index (χ1) is 4.31. The molecule has 0 saturated carbocycles. The smallest absolute Gasteiger partial charge is 0.166 e. The van der Waals surface area contributed by atoms with Gasteiger partial charge in [-0.15, -0.1) is 0 Å². The quantitative estimate of drug-likeness (QED) is 0.523. The maximum Gasteiger partial charge on any atom is 0.166 e. The van der Waals surface area contributed by atoms with Crippen molar-refractivity contribution in [1.82, 2.24) is 0 Å². The highest BCUT2D eigenvalue weighted by Crippen LogP contribution is 1.85. The van der Waals surface area contributed by atoms with Gasteiger partial charge in [0.25, 0.3) is 0 Å². The van der Waals surface area contributed by atoms with Gasteiger partial charge in [0.2, 0.25) is 0 Å². The van der Waals surface area contributed by atoms with Crippen LogP contribution in [0.2, 0.25) is 0 Å². The molecule has 54 valence electrons. The molecule has 0 N–H and O–H groups in total. The van der Waals surface area contributed by atoms with Crippen LogP contribution in [0.5, 0.6) is 0 Å². The molecule has 0 aliphatic rings. The maximum absolute atomic E-state index is 11.4. The Hall–Kier alpha value is -0.440. The topological polar surface area (TPSA) is 26.3 Å². The molecule has 2 nitrogen and oxygen atoms in total. The van der Waals surface area contributed by atoms with Gasteiger partial charge < -0.3 is 4.74 Å².